The fourth-order valence-corrected chi connectivity index (χ4v) is 1.23. The topological polar surface area (TPSA) is 49.7 Å². The predicted molar refractivity (Wildman–Crippen MR) is 42.1 cm³/mol. The lowest BCUT2D eigenvalue weighted by Gasteiger charge is -2.09. The lowest BCUT2D eigenvalue weighted by Crippen LogP contribution is -2.24. The molecule has 1 saturated heterocycles. The summed E-state index contributed by atoms with van der Waals surface area (Å²) in [7, 11) is 2.92. The first-order valence-corrected chi connectivity index (χ1v) is 3.69. The third-order valence-electron chi connectivity index (χ3n) is 1.92. The summed E-state index contributed by atoms with van der Waals surface area (Å²) in [5, 5.41) is 13.5. The van der Waals surface area contributed by atoms with Crippen LogP contribution in [0.4, 0.5) is 0 Å². The summed E-state index contributed by atoms with van der Waals surface area (Å²) >= 11 is 0. The highest BCUT2D eigenvalue weighted by molar-refractivity contribution is 6.90. The largest absolute Gasteiger partial charge is 0.394 e. The molecule has 1 aliphatic heterocycles. The first kappa shape index (κ1) is 6.70. The summed E-state index contributed by atoms with van der Waals surface area (Å²) in [5.74, 6) is 0. The Balaban J connectivity index is 2.32. The van der Waals surface area contributed by atoms with Crippen molar-refractivity contribution in [3.8, 4) is 0 Å². The van der Waals surface area contributed by atoms with Gasteiger partial charge in [-0.2, -0.15) is 0 Å². The van der Waals surface area contributed by atoms with E-state index in [1.807, 2.05) is 7.74 Å². The summed E-state index contributed by atoms with van der Waals surface area (Å²) in [4.78, 5) is 0. The number of aliphatic hydroxyl groups is 2. The van der Waals surface area contributed by atoms with Crippen molar-refractivity contribution in [2.75, 3.05) is 6.61 Å². The van der Waals surface area contributed by atoms with Crippen LogP contribution in [0.15, 0.2) is 0 Å². The van der Waals surface area contributed by atoms with Crippen molar-refractivity contribution in [2.24, 2.45) is 0 Å². The Morgan fingerprint density at radius 1 is 1.90 bits per heavy atom. The Hall–Kier alpha value is 0.00987. The van der Waals surface area contributed by atoms with Crippen LogP contribution in [0.25, 0.3) is 0 Å². The third kappa shape index (κ3) is 1.54. The number of rotatable bonds is 3. The molecule has 0 amide bonds. The second kappa shape index (κ2) is 3.42. The van der Waals surface area contributed by atoms with Gasteiger partial charge in [-0.05, 0) is 6.42 Å². The molecule has 0 saturated carbocycles. The standard InChI is InChI=1S/C5H12B2O3/c6-7-5-1-3(9)4(2-8)10-5/h3-5,7-9H,1-2,6H2/t3?,4-,5-/m1/s1/i8D. The van der Waals surface area contributed by atoms with Crippen molar-refractivity contribution in [1.29, 1.82) is 1.43 Å². The summed E-state index contributed by atoms with van der Waals surface area (Å²) in [6.45, 7) is 0.164. The van der Waals surface area contributed by atoms with E-state index in [0.717, 1.165) is 7.17 Å². The average Bonchev–Trinajstić information content (AvgIpc) is 2.33. The molecule has 5 heteroatoms. The molecule has 1 aliphatic rings. The van der Waals surface area contributed by atoms with Gasteiger partial charge in [0.1, 0.15) is 13.3 Å². The predicted octanol–water partition coefficient (Wildman–Crippen LogP) is -2.56. The molecule has 1 rings (SSSR count). The fourth-order valence-electron chi connectivity index (χ4n) is 1.23. The molecule has 3 atom stereocenters. The summed E-state index contributed by atoms with van der Waals surface area (Å²) < 4.78 is 11.9. The van der Waals surface area contributed by atoms with Crippen molar-refractivity contribution < 1.29 is 15.0 Å². The molecular formula is C5H12B2O3. The van der Waals surface area contributed by atoms with Crippen LogP contribution in [0.2, 0.25) is 0 Å². The molecule has 1 unspecified atom stereocenters. The van der Waals surface area contributed by atoms with Gasteiger partial charge in [0.2, 0.25) is 1.43 Å². The van der Waals surface area contributed by atoms with E-state index >= 15 is 0 Å². The molecule has 0 radical (unpaired) electrons. The van der Waals surface area contributed by atoms with Crippen LogP contribution in [0, 0.1) is 0 Å². The monoisotopic (exact) mass is 143 g/mol. The first-order chi connectivity index (χ1) is 5.27. The van der Waals surface area contributed by atoms with Crippen LogP contribution in [-0.4, -0.2) is 51.4 Å². The molecule has 0 aliphatic carbocycles. The zero-order chi connectivity index (χ0) is 8.27. The van der Waals surface area contributed by atoms with Gasteiger partial charge in [-0.1, -0.05) is 0 Å². The second-order valence-electron chi connectivity index (χ2n) is 2.67. The van der Waals surface area contributed by atoms with E-state index in [2.05, 4.69) is 5.11 Å². The maximum atomic E-state index is 9.33. The van der Waals surface area contributed by atoms with Gasteiger partial charge >= 0.3 is 0 Å². The molecular weight excluding hydrogens is 130 g/mol. The van der Waals surface area contributed by atoms with Gasteiger partial charge in [0.15, 0.2) is 0 Å². The van der Waals surface area contributed by atoms with Crippen molar-refractivity contribution in [3.05, 3.63) is 0 Å². The number of hydrogen-bond acceptors (Lipinski definition) is 3. The molecule has 0 aromatic rings. The maximum absolute atomic E-state index is 9.33. The van der Waals surface area contributed by atoms with Gasteiger partial charge in [-0.25, -0.2) is 0 Å². The molecule has 0 aromatic carbocycles. The summed E-state index contributed by atoms with van der Waals surface area (Å²) in [5.41, 5.74) is 0. The van der Waals surface area contributed by atoms with E-state index < -0.39 is 6.10 Å². The molecule has 0 aromatic heterocycles. The molecule has 1 fully saturated rings. The third-order valence-corrected chi connectivity index (χ3v) is 1.92. The first-order valence-electron chi connectivity index (χ1n) is 4.10. The lowest BCUT2D eigenvalue weighted by atomic mass is 9.51. The van der Waals surface area contributed by atoms with E-state index in [4.69, 9.17) is 6.17 Å². The van der Waals surface area contributed by atoms with Crippen LogP contribution in [0.3, 0.4) is 0 Å². The lowest BCUT2D eigenvalue weighted by molar-refractivity contribution is -0.00434. The van der Waals surface area contributed by atoms with Crippen LogP contribution >= 0.6 is 0 Å². The zero-order valence-corrected chi connectivity index (χ0v) is 6.12. The molecule has 0 spiro atoms. The SMILES string of the molecule is [2H]OC[C@H]1O[C@@H](BB)CC1O. The van der Waals surface area contributed by atoms with Crippen molar-refractivity contribution in [2.45, 2.75) is 24.6 Å². The average molecular weight is 143 g/mol. The van der Waals surface area contributed by atoms with E-state index in [9.17, 15) is 5.11 Å². The minimum atomic E-state index is -0.453. The van der Waals surface area contributed by atoms with Crippen LogP contribution in [-0.2, 0) is 4.74 Å². The van der Waals surface area contributed by atoms with E-state index in [1.165, 1.54) is 0 Å². The number of aliphatic hydroxyl groups excluding tert-OH is 2. The van der Waals surface area contributed by atoms with Gasteiger partial charge in [0.05, 0.1) is 20.4 Å². The highest BCUT2D eigenvalue weighted by Crippen LogP contribution is 2.18. The Kier molecular flexibility index (Phi) is 2.29. The quantitative estimate of drug-likeness (QED) is 0.427. The van der Waals surface area contributed by atoms with Crippen molar-refractivity contribution in [1.82, 2.24) is 0 Å². The molecule has 10 heavy (non-hydrogen) atoms. The number of ether oxygens (including phenoxy) is 1. The minimum Gasteiger partial charge on any atom is -0.394 e. The van der Waals surface area contributed by atoms with Crippen molar-refractivity contribution in [3.63, 3.8) is 0 Å². The highest BCUT2D eigenvalue weighted by atomic mass is 16.5. The van der Waals surface area contributed by atoms with Crippen LogP contribution in [0.1, 0.15) is 6.42 Å². The van der Waals surface area contributed by atoms with Gasteiger partial charge in [-0.15, -0.1) is 0 Å². The Morgan fingerprint density at radius 3 is 3.20 bits per heavy atom. The van der Waals surface area contributed by atoms with Crippen LogP contribution in [0.5, 0.6) is 0 Å². The van der Waals surface area contributed by atoms with Crippen LogP contribution < -0.4 is 0 Å². The maximum Gasteiger partial charge on any atom is 0.210 e. The van der Waals surface area contributed by atoms with Gasteiger partial charge in [-0.3, -0.25) is 0 Å². The Bertz CT molecular complexity index is 126. The second-order valence-corrected chi connectivity index (χ2v) is 2.67. The number of hydrogen-bond donors (Lipinski definition) is 2. The van der Waals surface area contributed by atoms with Gasteiger partial charge in [0.25, 0.3) is 0 Å². The Labute approximate surface area is 63.5 Å². The van der Waals surface area contributed by atoms with Crippen molar-refractivity contribution >= 4 is 14.9 Å². The summed E-state index contributed by atoms with van der Waals surface area (Å²) in [6.07, 6.45) is -0.0763. The highest BCUT2D eigenvalue weighted by Gasteiger charge is 2.31. The van der Waals surface area contributed by atoms with Gasteiger partial charge in [0, 0.05) is 6.00 Å². The molecule has 3 nitrogen and oxygen atoms in total. The van der Waals surface area contributed by atoms with E-state index in [0.29, 0.717) is 6.42 Å². The van der Waals surface area contributed by atoms with Gasteiger partial charge < -0.3 is 15.0 Å². The minimum absolute atomic E-state index is 0.144. The summed E-state index contributed by atoms with van der Waals surface area (Å²) in [6, 6.07) is 0.144. The fraction of sp³-hybridized carbons (Fsp3) is 1.00. The van der Waals surface area contributed by atoms with E-state index in [1.54, 1.807) is 0 Å². The van der Waals surface area contributed by atoms with E-state index in [-0.39, 0.29) is 18.7 Å². The molecule has 56 valence electrons. The zero-order valence-electron chi connectivity index (χ0n) is 7.12. The Morgan fingerprint density at radius 2 is 2.70 bits per heavy atom. The molecule has 0 bridgehead atoms. The molecule has 1 heterocycles. The smallest absolute Gasteiger partial charge is 0.210 e. The molecule has 2 N–H and O–H groups in total. The normalized spacial score (nSPS) is 41.3.